The zero-order chi connectivity index (χ0) is 14.0. The van der Waals surface area contributed by atoms with Crippen molar-refractivity contribution >= 4 is 40.4 Å². The number of hydrogen-bond donors (Lipinski definition) is 0. The van der Waals surface area contributed by atoms with Crippen LogP contribution < -0.4 is 0 Å². The van der Waals surface area contributed by atoms with Crippen molar-refractivity contribution < 1.29 is 19.2 Å². The van der Waals surface area contributed by atoms with Crippen LogP contribution in [0.4, 0.5) is 0 Å². The SMILES string of the molecule is C#Cc1ccc(I)c(C(=O)ON2C(=O)CCC2=O)c1. The van der Waals surface area contributed by atoms with Crippen molar-refractivity contribution in [1.29, 1.82) is 0 Å². The molecular formula is C13H8INO4. The van der Waals surface area contributed by atoms with Gasteiger partial charge in [0.15, 0.2) is 0 Å². The van der Waals surface area contributed by atoms with Gasteiger partial charge in [0, 0.05) is 22.0 Å². The van der Waals surface area contributed by atoms with E-state index in [9.17, 15) is 14.4 Å². The number of hydrogen-bond acceptors (Lipinski definition) is 4. The van der Waals surface area contributed by atoms with Gasteiger partial charge in [-0.2, -0.15) is 0 Å². The average molecular weight is 369 g/mol. The largest absolute Gasteiger partial charge is 0.365 e. The van der Waals surface area contributed by atoms with Gasteiger partial charge in [-0.25, -0.2) is 4.79 Å². The number of terminal acetylenes is 1. The molecule has 1 fully saturated rings. The van der Waals surface area contributed by atoms with E-state index >= 15 is 0 Å². The second-order valence-corrected chi connectivity index (χ2v) is 4.96. The molecule has 0 aromatic heterocycles. The zero-order valence-corrected chi connectivity index (χ0v) is 11.8. The first-order chi connectivity index (χ1) is 9.02. The molecule has 0 spiro atoms. The van der Waals surface area contributed by atoms with Gasteiger partial charge in [0.25, 0.3) is 11.8 Å². The van der Waals surface area contributed by atoms with Crippen LogP contribution in [0.2, 0.25) is 0 Å². The topological polar surface area (TPSA) is 63.7 Å². The van der Waals surface area contributed by atoms with Crippen LogP contribution in [-0.4, -0.2) is 22.8 Å². The first kappa shape index (κ1) is 13.5. The predicted molar refractivity (Wildman–Crippen MR) is 73.6 cm³/mol. The molecule has 2 rings (SSSR count). The highest BCUT2D eigenvalue weighted by molar-refractivity contribution is 14.1. The third kappa shape index (κ3) is 2.76. The lowest BCUT2D eigenvalue weighted by atomic mass is 10.1. The molecule has 1 aliphatic heterocycles. The summed E-state index contributed by atoms with van der Waals surface area (Å²) in [6.45, 7) is 0. The molecule has 0 N–H and O–H groups in total. The quantitative estimate of drug-likeness (QED) is 0.450. The summed E-state index contributed by atoms with van der Waals surface area (Å²) in [5.74, 6) is 0.604. The normalized spacial score (nSPS) is 14.4. The molecule has 5 nitrogen and oxygen atoms in total. The van der Waals surface area contributed by atoms with Gasteiger partial charge in [-0.15, -0.1) is 11.5 Å². The highest BCUT2D eigenvalue weighted by atomic mass is 127. The molecule has 19 heavy (non-hydrogen) atoms. The zero-order valence-electron chi connectivity index (χ0n) is 9.68. The Balaban J connectivity index is 2.23. The van der Waals surface area contributed by atoms with Crippen LogP contribution in [0, 0.1) is 15.9 Å². The van der Waals surface area contributed by atoms with Gasteiger partial charge < -0.3 is 4.84 Å². The number of carbonyl (C=O) groups is 3. The Morgan fingerprint density at radius 3 is 2.53 bits per heavy atom. The molecule has 96 valence electrons. The summed E-state index contributed by atoms with van der Waals surface area (Å²) in [7, 11) is 0. The number of amides is 2. The van der Waals surface area contributed by atoms with Gasteiger partial charge in [0.2, 0.25) is 0 Å². The number of benzene rings is 1. The number of halogens is 1. The van der Waals surface area contributed by atoms with E-state index in [1.807, 2.05) is 22.6 Å². The maximum absolute atomic E-state index is 11.9. The molecule has 1 aromatic rings. The van der Waals surface area contributed by atoms with E-state index in [1.165, 1.54) is 6.07 Å². The van der Waals surface area contributed by atoms with Gasteiger partial charge >= 0.3 is 5.97 Å². The number of carbonyl (C=O) groups excluding carboxylic acids is 3. The van der Waals surface area contributed by atoms with E-state index in [0.29, 0.717) is 14.2 Å². The minimum Gasteiger partial charge on any atom is -0.325 e. The Kier molecular flexibility index (Phi) is 3.85. The lowest BCUT2D eigenvalue weighted by Gasteiger charge is -2.13. The molecule has 2 amide bonds. The number of imide groups is 1. The summed E-state index contributed by atoms with van der Waals surface area (Å²) in [6.07, 6.45) is 5.38. The fraction of sp³-hybridized carbons (Fsp3) is 0.154. The summed E-state index contributed by atoms with van der Waals surface area (Å²) < 4.78 is 0.626. The first-order valence-corrected chi connectivity index (χ1v) is 6.45. The van der Waals surface area contributed by atoms with Gasteiger partial charge in [0.1, 0.15) is 0 Å². The van der Waals surface area contributed by atoms with Gasteiger partial charge in [-0.05, 0) is 40.8 Å². The summed E-state index contributed by atoms with van der Waals surface area (Å²) in [5.41, 5.74) is 0.745. The molecule has 0 atom stereocenters. The highest BCUT2D eigenvalue weighted by Crippen LogP contribution is 2.18. The fourth-order valence-corrected chi connectivity index (χ4v) is 2.12. The molecule has 1 saturated heterocycles. The number of hydroxylamine groups is 2. The van der Waals surface area contributed by atoms with E-state index in [2.05, 4.69) is 5.92 Å². The Morgan fingerprint density at radius 2 is 1.95 bits per heavy atom. The van der Waals surface area contributed by atoms with Crippen molar-refractivity contribution in [3.63, 3.8) is 0 Å². The second-order valence-electron chi connectivity index (χ2n) is 3.80. The van der Waals surface area contributed by atoms with Crippen LogP contribution in [-0.2, 0) is 14.4 Å². The van der Waals surface area contributed by atoms with Crippen LogP contribution in [0.25, 0.3) is 0 Å². The van der Waals surface area contributed by atoms with E-state index in [0.717, 1.165) is 0 Å². The molecule has 0 bridgehead atoms. The second kappa shape index (κ2) is 5.40. The molecule has 1 aromatic carbocycles. The summed E-state index contributed by atoms with van der Waals surface area (Å²) in [5, 5.41) is 0.515. The van der Waals surface area contributed by atoms with E-state index in [-0.39, 0.29) is 18.4 Å². The van der Waals surface area contributed by atoms with Crippen LogP contribution in [0.5, 0.6) is 0 Å². The van der Waals surface area contributed by atoms with Crippen LogP contribution in [0.15, 0.2) is 18.2 Å². The Bertz CT molecular complexity index is 602. The third-order valence-corrected chi connectivity index (χ3v) is 3.47. The Morgan fingerprint density at radius 1 is 1.32 bits per heavy atom. The maximum Gasteiger partial charge on any atom is 0.365 e. The van der Waals surface area contributed by atoms with Gasteiger partial charge in [0.05, 0.1) is 5.56 Å². The average Bonchev–Trinajstić information content (AvgIpc) is 2.71. The predicted octanol–water partition coefficient (Wildman–Crippen LogP) is 1.49. The van der Waals surface area contributed by atoms with Gasteiger partial charge in [-0.1, -0.05) is 5.92 Å². The van der Waals surface area contributed by atoms with Crippen LogP contribution in [0.1, 0.15) is 28.8 Å². The monoisotopic (exact) mass is 369 g/mol. The number of rotatable bonds is 2. The lowest BCUT2D eigenvalue weighted by Crippen LogP contribution is -2.32. The standard InChI is InChI=1S/C13H8INO4/c1-2-8-3-4-10(14)9(7-8)13(18)19-15-11(16)5-6-12(15)17/h1,3-4,7H,5-6H2. The van der Waals surface area contributed by atoms with Crippen LogP contribution >= 0.6 is 22.6 Å². The van der Waals surface area contributed by atoms with Crippen LogP contribution in [0.3, 0.4) is 0 Å². The summed E-state index contributed by atoms with van der Waals surface area (Å²) in [4.78, 5) is 39.5. The van der Waals surface area contributed by atoms with Crippen molar-refractivity contribution in [2.45, 2.75) is 12.8 Å². The van der Waals surface area contributed by atoms with E-state index in [1.54, 1.807) is 12.1 Å². The molecule has 0 unspecified atom stereocenters. The van der Waals surface area contributed by atoms with Crippen molar-refractivity contribution in [1.82, 2.24) is 5.06 Å². The van der Waals surface area contributed by atoms with E-state index in [4.69, 9.17) is 11.3 Å². The Labute approximate surface area is 123 Å². The summed E-state index contributed by atoms with van der Waals surface area (Å²) in [6, 6.07) is 4.83. The smallest absolute Gasteiger partial charge is 0.325 e. The van der Waals surface area contributed by atoms with Crippen molar-refractivity contribution in [2.75, 3.05) is 0 Å². The molecule has 1 aliphatic rings. The Hall–Kier alpha value is -1.88. The van der Waals surface area contributed by atoms with E-state index < -0.39 is 17.8 Å². The van der Waals surface area contributed by atoms with Gasteiger partial charge in [-0.3, -0.25) is 9.59 Å². The highest BCUT2D eigenvalue weighted by Gasteiger charge is 2.33. The minimum atomic E-state index is -0.773. The van der Waals surface area contributed by atoms with Crippen molar-refractivity contribution in [3.8, 4) is 12.3 Å². The third-order valence-electron chi connectivity index (χ3n) is 2.53. The molecule has 0 aliphatic carbocycles. The summed E-state index contributed by atoms with van der Waals surface area (Å²) >= 11 is 1.95. The molecule has 1 heterocycles. The first-order valence-electron chi connectivity index (χ1n) is 5.37. The lowest BCUT2D eigenvalue weighted by molar-refractivity contribution is -0.172. The van der Waals surface area contributed by atoms with Crippen molar-refractivity contribution in [3.05, 3.63) is 32.9 Å². The van der Waals surface area contributed by atoms with Crippen molar-refractivity contribution in [2.24, 2.45) is 0 Å². The minimum absolute atomic E-state index is 0.0631. The molecule has 0 radical (unpaired) electrons. The maximum atomic E-state index is 11.9. The number of nitrogens with zero attached hydrogens (tertiary/aromatic N) is 1. The molecular weight excluding hydrogens is 361 g/mol. The fourth-order valence-electron chi connectivity index (χ4n) is 1.56. The molecule has 0 saturated carbocycles. The molecule has 6 heteroatoms.